The van der Waals surface area contributed by atoms with E-state index >= 15 is 0 Å². The molecule has 0 saturated carbocycles. The number of tetrazole rings is 1. The van der Waals surface area contributed by atoms with Crippen molar-refractivity contribution in [3.63, 3.8) is 0 Å². The summed E-state index contributed by atoms with van der Waals surface area (Å²) >= 11 is 3.49. The molecule has 1 unspecified atom stereocenters. The molecule has 0 radical (unpaired) electrons. The Hall–Kier alpha value is -2.33. The van der Waals surface area contributed by atoms with Gasteiger partial charge in [0, 0.05) is 11.0 Å². The van der Waals surface area contributed by atoms with Gasteiger partial charge in [-0.25, -0.2) is 0 Å². The van der Waals surface area contributed by atoms with Crippen LogP contribution in [0.5, 0.6) is 0 Å². The van der Waals surface area contributed by atoms with Gasteiger partial charge in [0.2, 0.25) is 11.8 Å². The highest BCUT2D eigenvalue weighted by Gasteiger charge is 2.35. The zero-order valence-electron chi connectivity index (χ0n) is 15.2. The molecule has 2 amide bonds. The normalized spacial score (nSPS) is 18.4. The zero-order valence-corrected chi connectivity index (χ0v) is 16.8. The lowest BCUT2D eigenvalue weighted by molar-refractivity contribution is -0.129. The molecule has 3 N–H and O–H groups in total. The SMILES string of the molecule is Cc1cc(Br)cc(CNC(=O)[C@H](C)N2CCCC2C(N)=O)c1-n1cnnn1. The Bertz CT molecular complexity index is 840. The summed E-state index contributed by atoms with van der Waals surface area (Å²) in [7, 11) is 0. The average molecular weight is 436 g/mol. The van der Waals surface area contributed by atoms with Gasteiger partial charge in [0.25, 0.3) is 0 Å². The molecule has 144 valence electrons. The number of carbonyl (C=O) groups excluding carboxylic acids is 2. The van der Waals surface area contributed by atoms with Crippen LogP contribution in [0, 0.1) is 6.92 Å². The minimum Gasteiger partial charge on any atom is -0.368 e. The molecule has 1 saturated heterocycles. The van der Waals surface area contributed by atoms with Gasteiger partial charge in [-0.2, -0.15) is 4.68 Å². The van der Waals surface area contributed by atoms with Crippen LogP contribution in [0.25, 0.3) is 5.69 Å². The van der Waals surface area contributed by atoms with E-state index in [9.17, 15) is 9.59 Å². The number of nitrogens with two attached hydrogens (primary N) is 1. The summed E-state index contributed by atoms with van der Waals surface area (Å²) in [4.78, 5) is 26.1. The number of hydrogen-bond donors (Lipinski definition) is 2. The smallest absolute Gasteiger partial charge is 0.237 e. The molecule has 0 aliphatic carbocycles. The van der Waals surface area contributed by atoms with Crippen LogP contribution in [0.2, 0.25) is 0 Å². The number of primary amides is 1. The van der Waals surface area contributed by atoms with Gasteiger partial charge in [-0.05, 0) is 66.9 Å². The fourth-order valence-corrected chi connectivity index (χ4v) is 4.19. The van der Waals surface area contributed by atoms with Crippen molar-refractivity contribution in [2.45, 2.75) is 45.3 Å². The number of aromatic nitrogens is 4. The molecule has 1 aliphatic rings. The topological polar surface area (TPSA) is 119 Å². The van der Waals surface area contributed by atoms with E-state index in [1.54, 1.807) is 11.6 Å². The van der Waals surface area contributed by atoms with Crippen LogP contribution < -0.4 is 11.1 Å². The van der Waals surface area contributed by atoms with Crippen LogP contribution in [-0.2, 0) is 16.1 Å². The van der Waals surface area contributed by atoms with Gasteiger partial charge < -0.3 is 11.1 Å². The van der Waals surface area contributed by atoms with Crippen molar-refractivity contribution >= 4 is 27.7 Å². The summed E-state index contributed by atoms with van der Waals surface area (Å²) in [6.07, 6.45) is 3.08. The van der Waals surface area contributed by atoms with E-state index in [0.717, 1.165) is 27.7 Å². The van der Waals surface area contributed by atoms with E-state index in [1.807, 2.05) is 24.0 Å². The van der Waals surface area contributed by atoms with Crippen LogP contribution in [0.4, 0.5) is 0 Å². The van der Waals surface area contributed by atoms with Gasteiger partial charge in [-0.15, -0.1) is 5.10 Å². The van der Waals surface area contributed by atoms with Crippen molar-refractivity contribution in [2.24, 2.45) is 5.73 Å². The fraction of sp³-hybridized carbons (Fsp3) is 0.471. The van der Waals surface area contributed by atoms with E-state index in [0.29, 0.717) is 19.5 Å². The molecule has 0 bridgehead atoms. The number of rotatable bonds is 6. The van der Waals surface area contributed by atoms with Crippen molar-refractivity contribution in [1.82, 2.24) is 30.4 Å². The summed E-state index contributed by atoms with van der Waals surface area (Å²) in [5.74, 6) is -0.529. The first-order valence-corrected chi connectivity index (χ1v) is 9.53. The largest absolute Gasteiger partial charge is 0.368 e. The predicted molar refractivity (Wildman–Crippen MR) is 102 cm³/mol. The first-order chi connectivity index (χ1) is 12.9. The van der Waals surface area contributed by atoms with Crippen molar-refractivity contribution in [3.8, 4) is 5.69 Å². The summed E-state index contributed by atoms with van der Waals surface area (Å²) in [6.45, 7) is 4.75. The van der Waals surface area contributed by atoms with Crippen molar-refractivity contribution in [3.05, 3.63) is 34.1 Å². The third-order valence-electron chi connectivity index (χ3n) is 4.87. The second-order valence-electron chi connectivity index (χ2n) is 6.68. The number of carbonyl (C=O) groups is 2. The molecule has 0 spiro atoms. The number of aryl methyl sites for hydroxylation is 1. The van der Waals surface area contributed by atoms with Gasteiger partial charge >= 0.3 is 0 Å². The summed E-state index contributed by atoms with van der Waals surface area (Å²) in [5, 5.41) is 14.3. The Morgan fingerprint density at radius 2 is 2.22 bits per heavy atom. The van der Waals surface area contributed by atoms with Crippen molar-refractivity contribution in [1.29, 1.82) is 0 Å². The Morgan fingerprint density at radius 3 is 2.89 bits per heavy atom. The summed E-state index contributed by atoms with van der Waals surface area (Å²) in [6, 6.07) is 3.08. The van der Waals surface area contributed by atoms with Crippen LogP contribution in [0.15, 0.2) is 22.9 Å². The number of hydrogen-bond acceptors (Lipinski definition) is 6. The van der Waals surface area contributed by atoms with E-state index < -0.39 is 6.04 Å². The number of amides is 2. The summed E-state index contributed by atoms with van der Waals surface area (Å²) < 4.78 is 2.48. The van der Waals surface area contributed by atoms with E-state index in [1.165, 1.54) is 6.33 Å². The molecule has 1 aromatic heterocycles. The van der Waals surface area contributed by atoms with Crippen LogP contribution in [-0.4, -0.2) is 55.5 Å². The monoisotopic (exact) mass is 435 g/mol. The molecule has 9 nitrogen and oxygen atoms in total. The quantitative estimate of drug-likeness (QED) is 0.688. The third kappa shape index (κ3) is 4.16. The minimum atomic E-state index is -0.435. The standard InChI is InChI=1S/C17H22BrN7O2/c1-10-6-13(18)7-12(15(10)25-9-21-22-23-25)8-20-17(27)11(2)24-5-3-4-14(24)16(19)26/h6-7,9,11,14H,3-5,8H2,1-2H3,(H2,19,26)(H,20,27)/t11-,14?/m0/s1. The molecule has 2 atom stereocenters. The number of likely N-dealkylation sites (tertiary alicyclic amines) is 1. The van der Waals surface area contributed by atoms with E-state index in [-0.39, 0.29) is 17.9 Å². The average Bonchev–Trinajstić information content (AvgIpc) is 3.29. The highest BCUT2D eigenvalue weighted by atomic mass is 79.9. The number of halogens is 1. The molecule has 3 rings (SSSR count). The molecule has 1 aromatic carbocycles. The molecule has 2 aromatic rings. The Kier molecular flexibility index (Phi) is 5.85. The fourth-order valence-electron chi connectivity index (χ4n) is 3.57. The molecule has 10 heteroatoms. The first kappa shape index (κ1) is 19.4. The lowest BCUT2D eigenvalue weighted by Crippen LogP contribution is -2.50. The number of benzene rings is 1. The maximum absolute atomic E-state index is 12.7. The third-order valence-corrected chi connectivity index (χ3v) is 5.33. The highest BCUT2D eigenvalue weighted by molar-refractivity contribution is 9.10. The Morgan fingerprint density at radius 1 is 1.44 bits per heavy atom. The second kappa shape index (κ2) is 8.13. The molecule has 1 aliphatic heterocycles. The maximum atomic E-state index is 12.7. The van der Waals surface area contributed by atoms with Crippen LogP contribution in [0.3, 0.4) is 0 Å². The van der Waals surface area contributed by atoms with Gasteiger partial charge in [-0.3, -0.25) is 14.5 Å². The zero-order chi connectivity index (χ0) is 19.6. The van der Waals surface area contributed by atoms with Crippen molar-refractivity contribution in [2.75, 3.05) is 6.54 Å². The Labute approximate surface area is 165 Å². The highest BCUT2D eigenvalue weighted by Crippen LogP contribution is 2.24. The van der Waals surface area contributed by atoms with Gasteiger partial charge in [0.15, 0.2) is 0 Å². The number of nitrogens with zero attached hydrogens (tertiary/aromatic N) is 5. The van der Waals surface area contributed by atoms with Gasteiger partial charge in [0.05, 0.1) is 17.8 Å². The Balaban J connectivity index is 1.75. The molecular formula is C17H22BrN7O2. The maximum Gasteiger partial charge on any atom is 0.237 e. The second-order valence-corrected chi connectivity index (χ2v) is 7.59. The first-order valence-electron chi connectivity index (χ1n) is 8.73. The van der Waals surface area contributed by atoms with Crippen LogP contribution in [0.1, 0.15) is 30.9 Å². The summed E-state index contributed by atoms with van der Waals surface area (Å²) in [5.41, 5.74) is 8.14. The molecular weight excluding hydrogens is 414 g/mol. The lowest BCUT2D eigenvalue weighted by atomic mass is 10.1. The number of nitrogens with one attached hydrogen (secondary N) is 1. The predicted octanol–water partition coefficient (Wildman–Crippen LogP) is 0.688. The van der Waals surface area contributed by atoms with E-state index in [4.69, 9.17) is 5.73 Å². The van der Waals surface area contributed by atoms with Crippen molar-refractivity contribution < 1.29 is 9.59 Å². The van der Waals surface area contributed by atoms with E-state index in [2.05, 4.69) is 36.8 Å². The van der Waals surface area contributed by atoms with Crippen LogP contribution >= 0.6 is 15.9 Å². The molecule has 1 fully saturated rings. The van der Waals surface area contributed by atoms with Gasteiger partial charge in [-0.1, -0.05) is 15.9 Å². The molecule has 27 heavy (non-hydrogen) atoms. The van der Waals surface area contributed by atoms with Gasteiger partial charge in [0.1, 0.15) is 6.33 Å². The molecule has 2 heterocycles. The minimum absolute atomic E-state index is 0.150. The lowest BCUT2D eigenvalue weighted by Gasteiger charge is -2.28.